The monoisotopic (exact) mass is 383 g/mol. The molecule has 2 aliphatic heterocycles. The summed E-state index contributed by atoms with van der Waals surface area (Å²) in [5.41, 5.74) is 3.20. The number of carbonyl (C=O) groups excluding carboxylic acids is 2. The van der Waals surface area contributed by atoms with Crippen LogP contribution in [0.2, 0.25) is 0 Å². The van der Waals surface area contributed by atoms with Crippen molar-refractivity contribution >= 4 is 22.8 Å². The molecular formula is C22H29N3O3. The van der Waals surface area contributed by atoms with Gasteiger partial charge in [0, 0.05) is 29.1 Å². The summed E-state index contributed by atoms with van der Waals surface area (Å²) in [7, 11) is 1.40. The van der Waals surface area contributed by atoms with Gasteiger partial charge in [-0.25, -0.2) is 4.79 Å². The number of nitrogens with one attached hydrogen (secondary N) is 1. The molecule has 6 heteroatoms. The Balaban J connectivity index is 1.60. The number of para-hydroxylation sites is 1. The first-order valence-corrected chi connectivity index (χ1v) is 10.3. The van der Waals surface area contributed by atoms with Crippen LogP contribution in [0.4, 0.5) is 0 Å². The van der Waals surface area contributed by atoms with Crippen LogP contribution in [0.5, 0.6) is 0 Å². The number of aromatic nitrogens is 1. The Morgan fingerprint density at radius 1 is 1.25 bits per heavy atom. The first-order valence-electron chi connectivity index (χ1n) is 10.3. The molecule has 1 fully saturated rings. The Kier molecular flexibility index (Phi) is 5.40. The van der Waals surface area contributed by atoms with E-state index in [0.29, 0.717) is 25.6 Å². The molecule has 1 amide bonds. The first-order chi connectivity index (χ1) is 13.6. The summed E-state index contributed by atoms with van der Waals surface area (Å²) in [6.45, 7) is 3.94. The summed E-state index contributed by atoms with van der Waals surface area (Å²) < 4.78 is 5.05. The fraction of sp³-hybridized carbons (Fsp3) is 0.545. The van der Waals surface area contributed by atoms with E-state index in [0.717, 1.165) is 48.0 Å². The Morgan fingerprint density at radius 3 is 2.86 bits per heavy atom. The number of aromatic amines is 1. The van der Waals surface area contributed by atoms with Crippen molar-refractivity contribution in [2.24, 2.45) is 0 Å². The molecule has 1 saturated heterocycles. The van der Waals surface area contributed by atoms with Crippen LogP contribution >= 0.6 is 0 Å². The van der Waals surface area contributed by atoms with E-state index in [-0.39, 0.29) is 11.9 Å². The van der Waals surface area contributed by atoms with E-state index in [1.807, 2.05) is 18.2 Å². The molecule has 3 heterocycles. The van der Waals surface area contributed by atoms with Crippen LogP contribution in [-0.2, 0) is 27.3 Å². The normalized spacial score (nSPS) is 22.9. The first kappa shape index (κ1) is 19.0. The van der Waals surface area contributed by atoms with Crippen LogP contribution in [0, 0.1) is 0 Å². The molecule has 0 aliphatic carbocycles. The number of carbonyl (C=O) groups is 2. The van der Waals surface area contributed by atoms with Crippen LogP contribution in [0.1, 0.15) is 43.9 Å². The minimum atomic E-state index is -0.561. The van der Waals surface area contributed by atoms with Gasteiger partial charge in [-0.3, -0.25) is 9.69 Å². The maximum Gasteiger partial charge on any atom is 0.328 e. The Morgan fingerprint density at radius 2 is 2.07 bits per heavy atom. The van der Waals surface area contributed by atoms with Gasteiger partial charge in [0.05, 0.1) is 20.2 Å². The van der Waals surface area contributed by atoms with E-state index in [1.54, 1.807) is 4.90 Å². The number of nitrogens with zero attached hydrogens (tertiary/aromatic N) is 2. The lowest BCUT2D eigenvalue weighted by molar-refractivity contribution is -0.154. The third-order valence-corrected chi connectivity index (χ3v) is 6.36. The van der Waals surface area contributed by atoms with Crippen LogP contribution in [0.25, 0.3) is 10.9 Å². The molecule has 4 rings (SSSR count). The Bertz CT molecular complexity index is 875. The molecular weight excluding hydrogens is 354 g/mol. The number of hydrogen-bond acceptors (Lipinski definition) is 4. The van der Waals surface area contributed by atoms with Crippen molar-refractivity contribution < 1.29 is 14.3 Å². The molecule has 2 unspecified atom stereocenters. The number of likely N-dealkylation sites (tertiary alicyclic amines) is 1. The molecule has 1 aromatic heterocycles. The third kappa shape index (κ3) is 3.41. The zero-order valence-corrected chi connectivity index (χ0v) is 16.7. The maximum atomic E-state index is 13.2. The summed E-state index contributed by atoms with van der Waals surface area (Å²) in [5, 5.41) is 1.13. The van der Waals surface area contributed by atoms with Crippen molar-refractivity contribution in [2.45, 2.75) is 57.7 Å². The number of H-pyrrole nitrogens is 1. The van der Waals surface area contributed by atoms with Gasteiger partial charge in [-0.1, -0.05) is 31.5 Å². The molecule has 2 aliphatic rings. The highest BCUT2D eigenvalue weighted by atomic mass is 16.5. The number of benzene rings is 1. The SMILES string of the molecule is CCC1CCCCN1CC(=O)N1Cc2[nH]c3ccccc3c2CC1C(=O)OC. The second-order valence-electron chi connectivity index (χ2n) is 7.92. The largest absolute Gasteiger partial charge is 0.467 e. The average molecular weight is 383 g/mol. The summed E-state index contributed by atoms with van der Waals surface area (Å²) in [5.74, 6) is -0.324. The van der Waals surface area contributed by atoms with Gasteiger partial charge in [-0.2, -0.15) is 0 Å². The molecule has 2 aromatic rings. The van der Waals surface area contributed by atoms with E-state index < -0.39 is 6.04 Å². The van der Waals surface area contributed by atoms with Crippen molar-refractivity contribution in [1.29, 1.82) is 0 Å². The molecule has 6 nitrogen and oxygen atoms in total. The zero-order chi connectivity index (χ0) is 19.7. The average Bonchev–Trinajstić information content (AvgIpc) is 3.10. The molecule has 1 aromatic carbocycles. The number of hydrogen-bond donors (Lipinski definition) is 1. The van der Waals surface area contributed by atoms with Gasteiger partial charge >= 0.3 is 5.97 Å². The van der Waals surface area contributed by atoms with Gasteiger partial charge in [0.1, 0.15) is 6.04 Å². The number of piperidine rings is 1. The number of esters is 1. The minimum Gasteiger partial charge on any atom is -0.467 e. The lowest BCUT2D eigenvalue weighted by Gasteiger charge is -2.38. The van der Waals surface area contributed by atoms with Crippen LogP contribution in [-0.4, -0.2) is 58.9 Å². The maximum absolute atomic E-state index is 13.2. The van der Waals surface area contributed by atoms with Crippen LogP contribution < -0.4 is 0 Å². The molecule has 28 heavy (non-hydrogen) atoms. The molecule has 0 saturated carbocycles. The summed E-state index contributed by atoms with van der Waals surface area (Å²) in [6, 6.07) is 7.99. The van der Waals surface area contributed by atoms with E-state index in [4.69, 9.17) is 4.74 Å². The number of fused-ring (bicyclic) bond motifs is 3. The van der Waals surface area contributed by atoms with E-state index in [9.17, 15) is 9.59 Å². The molecule has 150 valence electrons. The van der Waals surface area contributed by atoms with Crippen molar-refractivity contribution in [1.82, 2.24) is 14.8 Å². The molecule has 1 N–H and O–H groups in total. The lowest BCUT2D eigenvalue weighted by Crippen LogP contribution is -2.53. The summed E-state index contributed by atoms with van der Waals surface area (Å²) >= 11 is 0. The number of amides is 1. The predicted molar refractivity (Wildman–Crippen MR) is 108 cm³/mol. The minimum absolute atomic E-state index is 0.0139. The van der Waals surface area contributed by atoms with Gasteiger partial charge in [0.15, 0.2) is 0 Å². The number of methoxy groups -OCH3 is 1. The molecule has 2 atom stereocenters. The standard InChI is InChI=1S/C22H29N3O3/c1-3-15-8-6-7-11-24(15)14-21(26)25-13-19-17(12-20(25)22(27)28-2)16-9-4-5-10-18(16)23-19/h4-5,9-10,15,20,23H,3,6-8,11-14H2,1-2H3. The second kappa shape index (κ2) is 7.95. The molecule has 0 bridgehead atoms. The van der Waals surface area contributed by atoms with E-state index in [1.165, 1.54) is 13.5 Å². The summed E-state index contributed by atoms with van der Waals surface area (Å²) in [6.07, 6.45) is 5.07. The summed E-state index contributed by atoms with van der Waals surface area (Å²) in [4.78, 5) is 33.2. The van der Waals surface area contributed by atoms with Crippen LogP contribution in [0.15, 0.2) is 24.3 Å². The van der Waals surface area contributed by atoms with E-state index in [2.05, 4.69) is 22.9 Å². The highest BCUT2D eigenvalue weighted by molar-refractivity contribution is 5.90. The second-order valence-corrected chi connectivity index (χ2v) is 7.92. The highest BCUT2D eigenvalue weighted by Crippen LogP contribution is 2.31. The number of rotatable bonds is 4. The predicted octanol–water partition coefficient (Wildman–Crippen LogP) is 2.86. The highest BCUT2D eigenvalue weighted by Gasteiger charge is 2.38. The number of ether oxygens (including phenoxy) is 1. The van der Waals surface area contributed by atoms with Crippen molar-refractivity contribution in [3.05, 3.63) is 35.5 Å². The fourth-order valence-corrected chi connectivity index (χ4v) is 4.81. The van der Waals surface area contributed by atoms with E-state index >= 15 is 0 Å². The van der Waals surface area contributed by atoms with Gasteiger partial charge < -0.3 is 14.6 Å². The topological polar surface area (TPSA) is 65.6 Å². The van der Waals surface area contributed by atoms with Gasteiger partial charge in [0.2, 0.25) is 5.91 Å². The van der Waals surface area contributed by atoms with Gasteiger partial charge in [-0.15, -0.1) is 0 Å². The Labute approximate surface area is 165 Å². The third-order valence-electron chi connectivity index (χ3n) is 6.36. The van der Waals surface area contributed by atoms with Crippen molar-refractivity contribution in [2.75, 3.05) is 20.2 Å². The van der Waals surface area contributed by atoms with Crippen LogP contribution in [0.3, 0.4) is 0 Å². The zero-order valence-electron chi connectivity index (χ0n) is 16.7. The quantitative estimate of drug-likeness (QED) is 0.825. The Hall–Kier alpha value is -2.34. The molecule has 0 spiro atoms. The van der Waals surface area contributed by atoms with Gasteiger partial charge in [0.25, 0.3) is 0 Å². The fourth-order valence-electron chi connectivity index (χ4n) is 4.81. The van der Waals surface area contributed by atoms with Crippen molar-refractivity contribution in [3.63, 3.8) is 0 Å². The lowest BCUT2D eigenvalue weighted by atomic mass is 9.96. The molecule has 0 radical (unpaired) electrons. The van der Waals surface area contributed by atoms with Gasteiger partial charge in [-0.05, 0) is 37.4 Å². The van der Waals surface area contributed by atoms with Crippen molar-refractivity contribution in [3.8, 4) is 0 Å². The smallest absolute Gasteiger partial charge is 0.328 e.